The zero-order chi connectivity index (χ0) is 37.8. The average Bonchev–Trinajstić information content (AvgIpc) is 3.14. The van der Waals surface area contributed by atoms with Crippen molar-refractivity contribution >= 4 is 40.2 Å². The number of fused-ring (bicyclic) bond motifs is 4. The Kier molecular flexibility index (Phi) is 3.91. The fourth-order valence-electron chi connectivity index (χ4n) is 6.15. The summed E-state index contributed by atoms with van der Waals surface area (Å²) in [5.41, 5.74) is 7.25. The second-order valence-corrected chi connectivity index (χ2v) is 11.9. The van der Waals surface area contributed by atoms with Gasteiger partial charge < -0.3 is 9.64 Å². The highest BCUT2D eigenvalue weighted by molar-refractivity contribution is 6.99. The molecule has 2 aliphatic rings. The van der Waals surface area contributed by atoms with Crippen LogP contribution in [0.2, 0.25) is 0 Å². The average molecular weight is 564 g/mol. The van der Waals surface area contributed by atoms with Crippen molar-refractivity contribution in [2.24, 2.45) is 0 Å². The summed E-state index contributed by atoms with van der Waals surface area (Å²) in [5.74, 6) is 1.40. The van der Waals surface area contributed by atoms with Gasteiger partial charge in [-0.1, -0.05) is 124 Å². The first-order chi connectivity index (χ1) is 25.1. The number of ether oxygens (including phenoxy) is 1. The first-order valence-corrected chi connectivity index (χ1v) is 14.2. The summed E-state index contributed by atoms with van der Waals surface area (Å²) >= 11 is 0. The maximum Gasteiger partial charge on any atom is 0.256 e. The van der Waals surface area contributed by atoms with Crippen molar-refractivity contribution in [1.82, 2.24) is 0 Å². The Morgan fingerprint density at radius 2 is 1.28 bits per heavy atom. The van der Waals surface area contributed by atoms with Crippen LogP contribution in [0.5, 0.6) is 11.5 Å². The van der Waals surface area contributed by atoms with Gasteiger partial charge in [-0.05, 0) is 86.0 Å². The highest BCUT2D eigenvalue weighted by atomic mass is 16.5. The first-order valence-electron chi connectivity index (χ1n) is 19.2. The Hall–Kier alpha value is -5.02. The summed E-state index contributed by atoms with van der Waals surface area (Å²) < 4.78 is 90.3. The Bertz CT molecular complexity index is 2490. The van der Waals surface area contributed by atoms with Crippen LogP contribution < -0.4 is 26.0 Å². The summed E-state index contributed by atoms with van der Waals surface area (Å²) in [5, 5.41) is 0. The van der Waals surface area contributed by atoms with E-state index in [0.717, 1.165) is 44.8 Å². The fourth-order valence-corrected chi connectivity index (χ4v) is 6.15. The minimum atomic E-state index is -0.452. The number of anilines is 3. The Labute approximate surface area is 268 Å². The van der Waals surface area contributed by atoms with Crippen molar-refractivity contribution in [1.29, 1.82) is 0 Å². The predicted molar refractivity (Wildman–Crippen MR) is 182 cm³/mol. The summed E-state index contributed by atoms with van der Waals surface area (Å²) in [6.45, 7) is 6.12. The smallest absolute Gasteiger partial charge is 0.256 e. The third kappa shape index (κ3) is 4.27. The molecule has 0 fully saturated rings. The van der Waals surface area contributed by atoms with Crippen LogP contribution in [0.1, 0.15) is 40.0 Å². The molecule has 206 valence electrons. The van der Waals surface area contributed by atoms with Crippen molar-refractivity contribution < 1.29 is 18.4 Å². The highest BCUT2D eigenvalue weighted by Gasteiger charge is 2.42. The van der Waals surface area contributed by atoms with Gasteiger partial charge in [-0.25, -0.2) is 0 Å². The molecular weight excluding hydrogens is 521 g/mol. The van der Waals surface area contributed by atoms with Gasteiger partial charge in [0.05, 0.1) is 13.7 Å². The van der Waals surface area contributed by atoms with Crippen molar-refractivity contribution in [3.8, 4) is 33.8 Å². The van der Waals surface area contributed by atoms with Crippen molar-refractivity contribution in [2.45, 2.75) is 26.2 Å². The Morgan fingerprint density at radius 1 is 0.605 bits per heavy atom. The van der Waals surface area contributed by atoms with Crippen LogP contribution in [0.15, 0.2) is 139 Å². The van der Waals surface area contributed by atoms with Gasteiger partial charge in [0.25, 0.3) is 6.71 Å². The molecule has 3 heteroatoms. The predicted octanol–water partition coefficient (Wildman–Crippen LogP) is 8.72. The molecule has 43 heavy (non-hydrogen) atoms. The molecule has 0 unspecified atom stereocenters. The van der Waals surface area contributed by atoms with Crippen LogP contribution in [0.3, 0.4) is 0 Å². The SMILES string of the molecule is [2H]c1c([2H])c([2H])c(-c2ccc(N3c4ccc(-c5c([2H])c([2H])c([2H])c([2H])c5[2H])cc4B4c5ccc(C(C)(C)C)cc5Oc5cccc3c54)cc2)c([2H])c1[2H]. The van der Waals surface area contributed by atoms with E-state index >= 15 is 0 Å². The lowest BCUT2D eigenvalue weighted by Crippen LogP contribution is -2.59. The quantitative estimate of drug-likeness (QED) is 0.199. The molecule has 0 amide bonds. The van der Waals surface area contributed by atoms with Crippen LogP contribution >= 0.6 is 0 Å². The van der Waals surface area contributed by atoms with E-state index in [1.165, 1.54) is 0 Å². The maximum absolute atomic E-state index is 8.74. The lowest BCUT2D eigenvalue weighted by Gasteiger charge is -2.40. The third-order valence-electron chi connectivity index (χ3n) is 8.27. The molecule has 0 N–H and O–H groups in total. The molecule has 0 atom stereocenters. The minimum Gasteiger partial charge on any atom is -0.458 e. The van der Waals surface area contributed by atoms with E-state index < -0.39 is 36.3 Å². The lowest BCUT2D eigenvalue weighted by molar-refractivity contribution is 0.483. The first kappa shape index (κ1) is 17.2. The molecule has 6 aromatic rings. The van der Waals surface area contributed by atoms with Crippen molar-refractivity contribution in [2.75, 3.05) is 4.90 Å². The molecule has 2 heterocycles. The largest absolute Gasteiger partial charge is 0.458 e. The van der Waals surface area contributed by atoms with E-state index in [-0.39, 0.29) is 47.4 Å². The molecule has 2 aliphatic heterocycles. The molecule has 6 aromatic carbocycles. The molecule has 0 spiro atoms. The molecule has 0 saturated carbocycles. The van der Waals surface area contributed by atoms with Crippen molar-refractivity contribution in [3.05, 3.63) is 145 Å². The van der Waals surface area contributed by atoms with E-state index in [1.54, 1.807) is 18.2 Å². The van der Waals surface area contributed by atoms with E-state index in [1.807, 2.05) is 42.5 Å². The standard InChI is InChI=1S/C40H32BNO/c1-40(2,3)31-20-23-33-38(26-31)43-37-16-10-15-36-39(37)41(33)34-25-30(28-13-8-5-9-14-28)19-24-35(34)42(36)32-21-17-29(18-22-32)27-11-6-4-7-12-27/h4-26H,1-3H3/i4D,5D,6D,7D,8D,9D,11D,12D,13D,14D. The zero-order valence-corrected chi connectivity index (χ0v) is 23.9. The summed E-state index contributed by atoms with van der Waals surface area (Å²) in [6, 6.07) is 21.3. The van der Waals surface area contributed by atoms with E-state index in [9.17, 15) is 0 Å². The van der Waals surface area contributed by atoms with Crippen LogP contribution in [-0.4, -0.2) is 6.71 Å². The van der Waals surface area contributed by atoms with Crippen LogP contribution in [-0.2, 0) is 5.41 Å². The van der Waals surface area contributed by atoms with E-state index in [0.29, 0.717) is 16.9 Å². The highest BCUT2D eigenvalue weighted by Crippen LogP contribution is 2.42. The van der Waals surface area contributed by atoms with E-state index in [4.69, 9.17) is 18.4 Å². The maximum atomic E-state index is 8.74. The number of nitrogens with zero attached hydrogens (tertiary/aromatic N) is 1. The van der Waals surface area contributed by atoms with Gasteiger partial charge >= 0.3 is 0 Å². The summed E-state index contributed by atoms with van der Waals surface area (Å²) in [6.07, 6.45) is 0. The molecule has 0 bridgehead atoms. The second kappa shape index (κ2) is 9.78. The van der Waals surface area contributed by atoms with Gasteiger partial charge in [-0.3, -0.25) is 0 Å². The van der Waals surface area contributed by atoms with Gasteiger partial charge in [0.1, 0.15) is 11.5 Å². The zero-order valence-electron chi connectivity index (χ0n) is 33.9. The van der Waals surface area contributed by atoms with E-state index in [2.05, 4.69) is 43.9 Å². The monoisotopic (exact) mass is 563 g/mol. The normalized spacial score (nSPS) is 16.3. The second-order valence-electron chi connectivity index (χ2n) is 11.9. The molecule has 0 saturated heterocycles. The van der Waals surface area contributed by atoms with Gasteiger partial charge in [-0.15, -0.1) is 0 Å². The van der Waals surface area contributed by atoms with Crippen LogP contribution in [0.25, 0.3) is 22.3 Å². The van der Waals surface area contributed by atoms with Crippen molar-refractivity contribution in [3.63, 3.8) is 0 Å². The fraction of sp³-hybridized carbons (Fsp3) is 0.100. The summed E-state index contributed by atoms with van der Waals surface area (Å²) in [7, 11) is 0. The van der Waals surface area contributed by atoms with Gasteiger partial charge in [0.2, 0.25) is 0 Å². The number of hydrogen-bond donors (Lipinski definition) is 0. The van der Waals surface area contributed by atoms with Gasteiger partial charge in [0, 0.05) is 17.1 Å². The molecule has 2 nitrogen and oxygen atoms in total. The Balaban J connectivity index is 1.36. The molecule has 8 rings (SSSR count). The van der Waals surface area contributed by atoms with Crippen LogP contribution in [0, 0.1) is 0 Å². The minimum absolute atomic E-state index is 0.113. The van der Waals surface area contributed by atoms with Gasteiger partial charge in [0.15, 0.2) is 0 Å². The molecule has 0 aromatic heterocycles. The lowest BCUT2D eigenvalue weighted by atomic mass is 9.34. The third-order valence-corrected chi connectivity index (χ3v) is 8.27. The number of rotatable bonds is 3. The Morgan fingerprint density at radius 3 is 1.98 bits per heavy atom. The number of benzene rings is 6. The molecule has 0 radical (unpaired) electrons. The topological polar surface area (TPSA) is 12.5 Å². The molecule has 0 aliphatic carbocycles. The van der Waals surface area contributed by atoms with Gasteiger partial charge in [-0.2, -0.15) is 0 Å². The molecular formula is C40H32BNO. The van der Waals surface area contributed by atoms with Crippen LogP contribution in [0.4, 0.5) is 17.1 Å². The summed E-state index contributed by atoms with van der Waals surface area (Å²) in [4.78, 5) is 2.07. The number of hydrogen-bond acceptors (Lipinski definition) is 2.